The molecule has 1 fully saturated rings. The Labute approximate surface area is 189 Å². The SMILES string of the molecule is Cn1cc(S(=O)(=O)N2CCC[C@@H](C(=O)Nc3ccn(Cc4ccc(F)cc4Cl)n3)C2)cn1. The Morgan fingerprint density at radius 3 is 2.88 bits per heavy atom. The van der Waals surface area contributed by atoms with Crippen molar-refractivity contribution in [2.24, 2.45) is 13.0 Å². The van der Waals surface area contributed by atoms with E-state index in [1.165, 1.54) is 33.5 Å². The molecule has 1 amide bonds. The van der Waals surface area contributed by atoms with E-state index in [0.717, 1.165) is 0 Å². The maximum atomic E-state index is 13.2. The van der Waals surface area contributed by atoms with E-state index in [1.807, 2.05) is 0 Å². The molecular formula is C20H22ClFN6O3S. The summed E-state index contributed by atoms with van der Waals surface area (Å²) >= 11 is 6.06. The van der Waals surface area contributed by atoms with Gasteiger partial charge in [-0.1, -0.05) is 17.7 Å². The first kappa shape index (κ1) is 22.4. The molecule has 170 valence electrons. The maximum Gasteiger partial charge on any atom is 0.246 e. The molecule has 0 aliphatic carbocycles. The van der Waals surface area contributed by atoms with E-state index in [4.69, 9.17) is 11.6 Å². The number of anilines is 1. The molecule has 1 aromatic carbocycles. The number of aryl methyl sites for hydroxylation is 1. The van der Waals surface area contributed by atoms with Crippen molar-refractivity contribution in [1.29, 1.82) is 0 Å². The van der Waals surface area contributed by atoms with Gasteiger partial charge in [0.05, 0.1) is 18.7 Å². The highest BCUT2D eigenvalue weighted by Crippen LogP contribution is 2.24. The molecular weight excluding hydrogens is 459 g/mol. The van der Waals surface area contributed by atoms with Gasteiger partial charge >= 0.3 is 0 Å². The summed E-state index contributed by atoms with van der Waals surface area (Å²) in [5.41, 5.74) is 0.692. The number of benzene rings is 1. The van der Waals surface area contributed by atoms with Crippen molar-refractivity contribution in [3.63, 3.8) is 0 Å². The maximum absolute atomic E-state index is 13.2. The van der Waals surface area contributed by atoms with Crippen molar-refractivity contribution in [3.05, 3.63) is 59.3 Å². The lowest BCUT2D eigenvalue weighted by molar-refractivity contribution is -0.120. The Hall–Kier alpha value is -2.76. The fourth-order valence-electron chi connectivity index (χ4n) is 3.62. The number of amides is 1. The van der Waals surface area contributed by atoms with Gasteiger partial charge < -0.3 is 5.32 Å². The van der Waals surface area contributed by atoms with Crippen LogP contribution in [-0.2, 0) is 28.4 Å². The van der Waals surface area contributed by atoms with Crippen LogP contribution in [0.5, 0.6) is 0 Å². The van der Waals surface area contributed by atoms with Crippen molar-refractivity contribution in [1.82, 2.24) is 23.9 Å². The molecule has 4 rings (SSSR count). The highest BCUT2D eigenvalue weighted by molar-refractivity contribution is 7.89. The zero-order valence-electron chi connectivity index (χ0n) is 17.3. The van der Waals surface area contributed by atoms with Crippen LogP contribution >= 0.6 is 11.6 Å². The Balaban J connectivity index is 1.40. The summed E-state index contributed by atoms with van der Waals surface area (Å²) in [6, 6.07) is 5.78. The highest BCUT2D eigenvalue weighted by Gasteiger charge is 2.34. The molecule has 1 aliphatic heterocycles. The van der Waals surface area contributed by atoms with E-state index in [1.54, 1.807) is 30.1 Å². The first-order valence-electron chi connectivity index (χ1n) is 9.99. The molecule has 32 heavy (non-hydrogen) atoms. The summed E-state index contributed by atoms with van der Waals surface area (Å²) in [7, 11) is -2.06. The number of hydrogen-bond donors (Lipinski definition) is 1. The van der Waals surface area contributed by atoms with Crippen molar-refractivity contribution >= 4 is 33.3 Å². The van der Waals surface area contributed by atoms with E-state index in [2.05, 4.69) is 15.5 Å². The predicted molar refractivity (Wildman–Crippen MR) is 116 cm³/mol. The number of nitrogens with one attached hydrogen (secondary N) is 1. The van der Waals surface area contributed by atoms with Gasteiger partial charge in [-0.3, -0.25) is 14.2 Å². The second kappa shape index (κ2) is 9.00. The quantitative estimate of drug-likeness (QED) is 0.584. The van der Waals surface area contributed by atoms with E-state index in [-0.39, 0.29) is 17.3 Å². The summed E-state index contributed by atoms with van der Waals surface area (Å²) in [5, 5.41) is 11.3. The van der Waals surface area contributed by atoms with Gasteiger partial charge in [-0.05, 0) is 30.5 Å². The van der Waals surface area contributed by atoms with Crippen molar-refractivity contribution in [3.8, 4) is 0 Å². The van der Waals surface area contributed by atoms with Gasteiger partial charge in [-0.25, -0.2) is 12.8 Å². The number of carbonyl (C=O) groups is 1. The minimum atomic E-state index is -3.71. The summed E-state index contributed by atoms with van der Waals surface area (Å²) in [6.07, 6.45) is 5.58. The van der Waals surface area contributed by atoms with Crippen LogP contribution in [0.2, 0.25) is 5.02 Å². The first-order valence-corrected chi connectivity index (χ1v) is 11.8. The molecule has 0 spiro atoms. The molecule has 1 aliphatic rings. The van der Waals surface area contributed by atoms with Gasteiger partial charge in [0, 0.05) is 43.6 Å². The topological polar surface area (TPSA) is 102 Å². The van der Waals surface area contributed by atoms with Crippen LogP contribution in [0.3, 0.4) is 0 Å². The number of nitrogens with zero attached hydrogens (tertiary/aromatic N) is 5. The van der Waals surface area contributed by atoms with Gasteiger partial charge in [0.15, 0.2) is 5.82 Å². The number of rotatable bonds is 6. The molecule has 1 saturated heterocycles. The number of halogens is 2. The Bertz CT molecular complexity index is 1240. The monoisotopic (exact) mass is 480 g/mol. The van der Waals surface area contributed by atoms with Crippen LogP contribution in [0.4, 0.5) is 10.2 Å². The molecule has 3 heterocycles. The molecule has 2 aromatic heterocycles. The van der Waals surface area contributed by atoms with Crippen molar-refractivity contribution in [2.45, 2.75) is 24.3 Å². The summed E-state index contributed by atoms with van der Waals surface area (Å²) in [6.45, 7) is 0.762. The fourth-order valence-corrected chi connectivity index (χ4v) is 5.36. The Kier molecular flexibility index (Phi) is 6.31. The fraction of sp³-hybridized carbons (Fsp3) is 0.350. The smallest absolute Gasteiger partial charge is 0.246 e. The first-order chi connectivity index (χ1) is 15.2. The van der Waals surface area contributed by atoms with Crippen molar-refractivity contribution < 1.29 is 17.6 Å². The van der Waals surface area contributed by atoms with E-state index >= 15 is 0 Å². The number of aromatic nitrogens is 4. The van der Waals surface area contributed by atoms with E-state index < -0.39 is 21.8 Å². The molecule has 0 unspecified atom stereocenters. The Morgan fingerprint density at radius 1 is 1.34 bits per heavy atom. The zero-order chi connectivity index (χ0) is 22.9. The van der Waals surface area contributed by atoms with Crippen molar-refractivity contribution in [2.75, 3.05) is 18.4 Å². The molecule has 1 N–H and O–H groups in total. The van der Waals surface area contributed by atoms with Crippen LogP contribution in [-0.4, -0.2) is 51.3 Å². The molecule has 0 radical (unpaired) electrons. The molecule has 0 saturated carbocycles. The van der Waals surface area contributed by atoms with Gasteiger partial charge in [0.25, 0.3) is 0 Å². The third-order valence-corrected chi connectivity index (χ3v) is 7.48. The second-order valence-corrected chi connectivity index (χ2v) is 10.0. The normalized spacial score (nSPS) is 17.4. The van der Waals surface area contributed by atoms with Crippen LogP contribution < -0.4 is 5.32 Å². The van der Waals surface area contributed by atoms with Gasteiger partial charge in [0.1, 0.15) is 10.7 Å². The zero-order valence-corrected chi connectivity index (χ0v) is 18.9. The van der Waals surface area contributed by atoms with Crippen LogP contribution in [0, 0.1) is 11.7 Å². The molecule has 12 heteroatoms. The number of piperidine rings is 1. The molecule has 1 atom stereocenters. The van der Waals surface area contributed by atoms with E-state index in [9.17, 15) is 17.6 Å². The average molecular weight is 481 g/mol. The lowest BCUT2D eigenvalue weighted by Gasteiger charge is -2.30. The number of sulfonamides is 1. The summed E-state index contributed by atoms with van der Waals surface area (Å²) < 4.78 is 43.2. The van der Waals surface area contributed by atoms with Gasteiger partial charge in [0.2, 0.25) is 15.9 Å². The lowest BCUT2D eigenvalue weighted by atomic mass is 9.99. The minimum absolute atomic E-state index is 0.0922. The summed E-state index contributed by atoms with van der Waals surface area (Å²) in [4.78, 5) is 12.9. The molecule has 3 aromatic rings. The largest absolute Gasteiger partial charge is 0.309 e. The average Bonchev–Trinajstić information content (AvgIpc) is 3.39. The van der Waals surface area contributed by atoms with Crippen LogP contribution in [0.15, 0.2) is 47.8 Å². The highest BCUT2D eigenvalue weighted by atomic mass is 35.5. The third-order valence-electron chi connectivity index (χ3n) is 5.31. The third kappa shape index (κ3) is 4.84. The number of hydrogen-bond acceptors (Lipinski definition) is 5. The molecule has 9 nitrogen and oxygen atoms in total. The standard InChI is InChI=1S/C20H22ClFN6O3S/c1-26-13-17(10-23-26)32(30,31)28-7-2-3-15(12-28)20(29)24-19-6-8-27(25-19)11-14-4-5-16(22)9-18(14)21/h4-6,8-10,13,15H,2-3,7,11-12H2,1H3,(H,24,25,29)/t15-/m1/s1. The number of carbonyl (C=O) groups excluding carboxylic acids is 1. The summed E-state index contributed by atoms with van der Waals surface area (Å²) in [5.74, 6) is -0.854. The van der Waals surface area contributed by atoms with Gasteiger partial charge in [-0.2, -0.15) is 14.5 Å². The van der Waals surface area contributed by atoms with Gasteiger partial charge in [-0.15, -0.1) is 0 Å². The lowest BCUT2D eigenvalue weighted by Crippen LogP contribution is -2.43. The van der Waals surface area contributed by atoms with E-state index in [0.29, 0.717) is 42.3 Å². The molecule has 0 bridgehead atoms. The Morgan fingerprint density at radius 2 is 2.16 bits per heavy atom. The predicted octanol–water partition coefficient (Wildman–Crippen LogP) is 2.50. The minimum Gasteiger partial charge on any atom is -0.309 e. The van der Waals surface area contributed by atoms with Crippen LogP contribution in [0.25, 0.3) is 0 Å². The van der Waals surface area contributed by atoms with Crippen LogP contribution in [0.1, 0.15) is 18.4 Å². The second-order valence-electron chi connectivity index (χ2n) is 7.68.